The molecule has 1 aromatic rings. The van der Waals surface area contributed by atoms with Crippen molar-refractivity contribution in [3.63, 3.8) is 0 Å². The van der Waals surface area contributed by atoms with E-state index in [0.717, 1.165) is 25.1 Å². The lowest BCUT2D eigenvalue weighted by molar-refractivity contribution is -0.386. The van der Waals surface area contributed by atoms with Crippen LogP contribution in [0.25, 0.3) is 0 Å². The molecule has 0 aromatic carbocycles. The summed E-state index contributed by atoms with van der Waals surface area (Å²) in [6, 6.07) is 0.249. The van der Waals surface area contributed by atoms with Gasteiger partial charge in [-0.2, -0.15) is 5.10 Å². The molecule has 1 unspecified atom stereocenters. The average molecular weight is 296 g/mol. The van der Waals surface area contributed by atoms with Crippen molar-refractivity contribution in [1.82, 2.24) is 15.1 Å². The Hall–Kier alpha value is -1.43. The van der Waals surface area contributed by atoms with Crippen molar-refractivity contribution in [3.8, 4) is 0 Å². The number of likely N-dealkylation sites (N-methyl/N-ethyl adjacent to an activating group) is 1. The number of aryl methyl sites for hydroxylation is 2. The van der Waals surface area contributed by atoms with Crippen molar-refractivity contribution in [2.24, 2.45) is 13.0 Å². The van der Waals surface area contributed by atoms with Crippen molar-refractivity contribution in [1.29, 1.82) is 0 Å². The van der Waals surface area contributed by atoms with Crippen molar-refractivity contribution in [2.45, 2.75) is 59.4 Å². The third-order valence-corrected chi connectivity index (χ3v) is 3.57. The first-order chi connectivity index (χ1) is 9.90. The van der Waals surface area contributed by atoms with Crippen LogP contribution >= 0.6 is 0 Å². The normalized spacial score (nSPS) is 12.9. The number of aromatic nitrogens is 2. The van der Waals surface area contributed by atoms with Crippen LogP contribution < -0.4 is 5.32 Å². The minimum Gasteiger partial charge on any atom is -0.314 e. The molecule has 1 rings (SSSR count). The first kappa shape index (κ1) is 17.6. The zero-order chi connectivity index (χ0) is 16.0. The van der Waals surface area contributed by atoms with E-state index in [2.05, 4.69) is 31.2 Å². The van der Waals surface area contributed by atoms with Crippen LogP contribution in [0.4, 0.5) is 5.69 Å². The van der Waals surface area contributed by atoms with Gasteiger partial charge in [0.1, 0.15) is 11.4 Å². The molecule has 6 nitrogen and oxygen atoms in total. The smallest absolute Gasteiger partial charge is 0.313 e. The van der Waals surface area contributed by atoms with Crippen LogP contribution in [0.15, 0.2) is 0 Å². The molecule has 1 atom stereocenters. The fourth-order valence-corrected chi connectivity index (χ4v) is 2.78. The molecule has 1 heterocycles. The minimum absolute atomic E-state index is 0.214. The fourth-order valence-electron chi connectivity index (χ4n) is 2.78. The van der Waals surface area contributed by atoms with E-state index in [9.17, 15) is 10.1 Å². The van der Waals surface area contributed by atoms with E-state index in [1.54, 1.807) is 11.7 Å². The van der Waals surface area contributed by atoms with Gasteiger partial charge >= 0.3 is 5.69 Å². The summed E-state index contributed by atoms with van der Waals surface area (Å²) in [5.74, 6) is 0.552. The molecule has 0 spiro atoms. The molecule has 0 amide bonds. The van der Waals surface area contributed by atoms with Gasteiger partial charge in [-0.3, -0.25) is 14.8 Å². The Morgan fingerprint density at radius 3 is 2.52 bits per heavy atom. The zero-order valence-electron chi connectivity index (χ0n) is 13.8. The number of hydrogen-bond acceptors (Lipinski definition) is 4. The summed E-state index contributed by atoms with van der Waals surface area (Å²) in [6.45, 7) is 9.28. The topological polar surface area (TPSA) is 73.0 Å². The number of rotatable bonds is 9. The highest BCUT2D eigenvalue weighted by Gasteiger charge is 2.27. The predicted octanol–water partition coefficient (Wildman–Crippen LogP) is 2.85. The van der Waals surface area contributed by atoms with Gasteiger partial charge in [0.25, 0.3) is 0 Å². The molecule has 0 bridgehead atoms. The van der Waals surface area contributed by atoms with Crippen LogP contribution in [0.5, 0.6) is 0 Å². The number of nitro groups is 1. The molecule has 120 valence electrons. The summed E-state index contributed by atoms with van der Waals surface area (Å²) < 4.78 is 1.69. The van der Waals surface area contributed by atoms with Crippen LogP contribution in [-0.2, 0) is 19.9 Å². The van der Waals surface area contributed by atoms with E-state index in [1.807, 2.05) is 6.92 Å². The second-order valence-electron chi connectivity index (χ2n) is 5.96. The lowest BCUT2D eigenvalue weighted by atomic mass is 9.98. The lowest BCUT2D eigenvalue weighted by Crippen LogP contribution is -2.33. The van der Waals surface area contributed by atoms with Gasteiger partial charge in [0, 0.05) is 19.5 Å². The van der Waals surface area contributed by atoms with E-state index in [4.69, 9.17) is 0 Å². The molecule has 1 N–H and O–H groups in total. The molecule has 0 saturated carbocycles. The molecule has 0 aliphatic carbocycles. The quantitative estimate of drug-likeness (QED) is 0.562. The Morgan fingerprint density at radius 1 is 1.38 bits per heavy atom. The monoisotopic (exact) mass is 296 g/mol. The van der Waals surface area contributed by atoms with E-state index < -0.39 is 0 Å². The van der Waals surface area contributed by atoms with Crippen molar-refractivity contribution >= 4 is 5.69 Å². The van der Waals surface area contributed by atoms with Gasteiger partial charge in [0.15, 0.2) is 0 Å². The summed E-state index contributed by atoms with van der Waals surface area (Å²) >= 11 is 0. The van der Waals surface area contributed by atoms with Crippen molar-refractivity contribution < 1.29 is 4.92 Å². The van der Waals surface area contributed by atoms with Gasteiger partial charge in [-0.05, 0) is 25.3 Å². The maximum absolute atomic E-state index is 11.4. The van der Waals surface area contributed by atoms with Crippen LogP contribution in [-0.4, -0.2) is 27.3 Å². The molecule has 21 heavy (non-hydrogen) atoms. The average Bonchev–Trinajstić information content (AvgIpc) is 2.66. The molecular formula is C15H28N4O2. The Bertz CT molecular complexity index is 468. The first-order valence-electron chi connectivity index (χ1n) is 7.83. The van der Waals surface area contributed by atoms with Gasteiger partial charge in [0.2, 0.25) is 0 Å². The Morgan fingerprint density at radius 2 is 2.05 bits per heavy atom. The Balaban J connectivity index is 3.06. The summed E-state index contributed by atoms with van der Waals surface area (Å²) in [4.78, 5) is 11.2. The summed E-state index contributed by atoms with van der Waals surface area (Å²) in [5.41, 5.74) is 1.56. The van der Waals surface area contributed by atoms with Gasteiger partial charge in [-0.1, -0.05) is 34.1 Å². The highest BCUT2D eigenvalue weighted by atomic mass is 16.6. The lowest BCUT2D eigenvalue weighted by Gasteiger charge is -2.19. The Labute approximate surface area is 127 Å². The first-order valence-corrected chi connectivity index (χ1v) is 7.83. The maximum atomic E-state index is 11.4. The van der Waals surface area contributed by atoms with Gasteiger partial charge < -0.3 is 5.32 Å². The van der Waals surface area contributed by atoms with E-state index in [-0.39, 0.29) is 16.7 Å². The van der Waals surface area contributed by atoms with Gasteiger partial charge in [-0.25, -0.2) is 0 Å². The highest BCUT2D eigenvalue weighted by molar-refractivity contribution is 5.42. The van der Waals surface area contributed by atoms with E-state index in [1.165, 1.54) is 0 Å². The second-order valence-corrected chi connectivity index (χ2v) is 5.96. The van der Waals surface area contributed by atoms with Gasteiger partial charge in [0.05, 0.1) is 4.92 Å². The van der Waals surface area contributed by atoms with Crippen LogP contribution in [0.1, 0.15) is 51.9 Å². The third kappa shape index (κ3) is 4.81. The SMILES string of the molecule is CCCc1nn(C)c(CC(CC(C)C)NCC)c1[N+](=O)[O-]. The Kier molecular flexibility index (Phi) is 6.81. The summed E-state index contributed by atoms with van der Waals surface area (Å²) in [7, 11) is 1.81. The molecule has 1 aromatic heterocycles. The van der Waals surface area contributed by atoms with Crippen molar-refractivity contribution in [2.75, 3.05) is 6.54 Å². The minimum atomic E-state index is -0.272. The standard InChI is InChI=1S/C15H28N4O2/c1-6-8-13-15(19(20)21)14(18(5)17-13)10-12(16-7-2)9-11(3)4/h11-12,16H,6-10H2,1-5H3. The summed E-state index contributed by atoms with van der Waals surface area (Å²) in [5, 5.41) is 19.2. The number of nitrogens with zero attached hydrogens (tertiary/aromatic N) is 3. The van der Waals surface area contributed by atoms with Crippen LogP contribution in [0, 0.1) is 16.0 Å². The second kappa shape index (κ2) is 8.12. The van der Waals surface area contributed by atoms with Crippen LogP contribution in [0.2, 0.25) is 0 Å². The number of hydrogen-bond donors (Lipinski definition) is 1. The largest absolute Gasteiger partial charge is 0.314 e. The zero-order valence-corrected chi connectivity index (χ0v) is 13.8. The van der Waals surface area contributed by atoms with E-state index in [0.29, 0.717) is 24.5 Å². The maximum Gasteiger partial charge on any atom is 0.313 e. The highest BCUT2D eigenvalue weighted by Crippen LogP contribution is 2.26. The molecule has 0 aliphatic rings. The third-order valence-electron chi connectivity index (χ3n) is 3.57. The van der Waals surface area contributed by atoms with E-state index >= 15 is 0 Å². The predicted molar refractivity (Wildman–Crippen MR) is 84.5 cm³/mol. The molecule has 6 heteroatoms. The molecule has 0 aliphatic heterocycles. The van der Waals surface area contributed by atoms with Crippen molar-refractivity contribution in [3.05, 3.63) is 21.5 Å². The molecule has 0 fully saturated rings. The van der Waals surface area contributed by atoms with Gasteiger partial charge in [-0.15, -0.1) is 0 Å². The molecule has 0 radical (unpaired) electrons. The van der Waals surface area contributed by atoms with Crippen LogP contribution in [0.3, 0.4) is 0 Å². The fraction of sp³-hybridized carbons (Fsp3) is 0.800. The number of nitrogens with one attached hydrogen (secondary N) is 1. The molecular weight excluding hydrogens is 268 g/mol. The summed E-state index contributed by atoms with van der Waals surface area (Å²) in [6.07, 6.45) is 3.16. The molecule has 0 saturated heterocycles.